The Kier molecular flexibility index (Phi) is 8.97. The highest BCUT2D eigenvalue weighted by molar-refractivity contribution is 5.79. The number of ether oxygens (including phenoxy) is 1. The summed E-state index contributed by atoms with van der Waals surface area (Å²) in [6.45, 7) is 3.05. The number of hydrogen-bond donors (Lipinski definition) is 0. The van der Waals surface area contributed by atoms with Crippen molar-refractivity contribution in [3.05, 3.63) is 106 Å². The normalized spacial score (nSPS) is 11.4. The minimum absolute atomic E-state index is 0.0855. The average molecular weight is 549 g/mol. The summed E-state index contributed by atoms with van der Waals surface area (Å²) in [5.74, 6) is 0.143. The van der Waals surface area contributed by atoms with Gasteiger partial charge in [0.1, 0.15) is 5.82 Å². The molecule has 0 bridgehead atoms. The third kappa shape index (κ3) is 6.74. The molecule has 0 saturated heterocycles. The van der Waals surface area contributed by atoms with E-state index < -0.39 is 11.7 Å². The summed E-state index contributed by atoms with van der Waals surface area (Å²) in [6.07, 6.45) is -4.31. The van der Waals surface area contributed by atoms with E-state index in [1.54, 1.807) is 53.4 Å². The van der Waals surface area contributed by atoms with Crippen LogP contribution in [0.5, 0.6) is 0 Å². The van der Waals surface area contributed by atoms with Gasteiger partial charge in [0, 0.05) is 26.1 Å². The molecule has 4 rings (SSSR count). The van der Waals surface area contributed by atoms with Gasteiger partial charge in [-0.15, -0.1) is 0 Å². The summed E-state index contributed by atoms with van der Waals surface area (Å²) in [5.41, 5.74) is 0.904. The molecule has 0 aliphatic heterocycles. The number of nitrogens with zero attached hydrogens (tertiary/aromatic N) is 4. The lowest BCUT2D eigenvalue weighted by molar-refractivity contribution is -0.137. The second-order valence-corrected chi connectivity index (χ2v) is 9.04. The van der Waals surface area contributed by atoms with Gasteiger partial charge in [-0.25, -0.2) is 4.98 Å². The zero-order chi connectivity index (χ0) is 28.7. The number of halogens is 3. The van der Waals surface area contributed by atoms with E-state index in [0.29, 0.717) is 40.1 Å². The van der Waals surface area contributed by atoms with Crippen LogP contribution in [0.3, 0.4) is 0 Å². The summed E-state index contributed by atoms with van der Waals surface area (Å²) in [5, 5.41) is 9.59. The summed E-state index contributed by atoms with van der Waals surface area (Å²) >= 11 is 0. The number of rotatable bonds is 10. The van der Waals surface area contributed by atoms with Gasteiger partial charge in [-0.2, -0.15) is 18.4 Å². The maximum absolute atomic E-state index is 13.5. The van der Waals surface area contributed by atoms with Crippen molar-refractivity contribution in [3.63, 3.8) is 0 Å². The lowest BCUT2D eigenvalue weighted by Gasteiger charge is -2.24. The lowest BCUT2D eigenvalue weighted by atomic mass is 10.1. The fourth-order valence-corrected chi connectivity index (χ4v) is 4.31. The minimum Gasteiger partial charge on any atom is -0.380 e. The summed E-state index contributed by atoms with van der Waals surface area (Å²) in [4.78, 5) is 33.0. The van der Waals surface area contributed by atoms with E-state index in [1.165, 1.54) is 16.7 Å². The molecular formula is C30H27F3N4O3. The Morgan fingerprint density at radius 2 is 1.73 bits per heavy atom. The third-order valence-corrected chi connectivity index (χ3v) is 6.40. The molecule has 0 fully saturated rings. The third-order valence-electron chi connectivity index (χ3n) is 6.40. The monoisotopic (exact) mass is 548 g/mol. The summed E-state index contributed by atoms with van der Waals surface area (Å²) < 4.78 is 45.7. The maximum Gasteiger partial charge on any atom is 0.416 e. The minimum atomic E-state index is -4.45. The molecular weight excluding hydrogens is 521 g/mol. The van der Waals surface area contributed by atoms with Gasteiger partial charge in [0.2, 0.25) is 5.91 Å². The molecule has 1 heterocycles. The molecule has 10 heteroatoms. The van der Waals surface area contributed by atoms with Crippen LogP contribution in [0.2, 0.25) is 0 Å². The SMILES string of the molecule is CCOCCN(CCc1nc2ccccc2c(=O)n1-c1ccc(C#N)cc1)C(=O)Cc1ccc(C(F)(F)F)cc1. The molecule has 0 atom stereocenters. The first-order chi connectivity index (χ1) is 19.2. The Labute approximate surface area is 229 Å². The second-order valence-electron chi connectivity index (χ2n) is 9.04. The molecule has 0 radical (unpaired) electrons. The van der Waals surface area contributed by atoms with E-state index in [-0.39, 0.29) is 44.0 Å². The van der Waals surface area contributed by atoms with Gasteiger partial charge in [0.05, 0.1) is 46.8 Å². The van der Waals surface area contributed by atoms with Crippen LogP contribution in [0.1, 0.15) is 29.4 Å². The maximum atomic E-state index is 13.5. The van der Waals surface area contributed by atoms with Crippen molar-refractivity contribution in [2.24, 2.45) is 0 Å². The van der Waals surface area contributed by atoms with Gasteiger partial charge >= 0.3 is 6.18 Å². The Bertz CT molecular complexity index is 1570. The van der Waals surface area contributed by atoms with Gasteiger partial charge in [-0.3, -0.25) is 14.2 Å². The number of carbonyl (C=O) groups is 1. The molecule has 1 amide bonds. The Morgan fingerprint density at radius 3 is 2.38 bits per heavy atom. The Morgan fingerprint density at radius 1 is 1.02 bits per heavy atom. The molecule has 0 spiro atoms. The number of carbonyl (C=O) groups excluding carboxylic acids is 1. The van der Waals surface area contributed by atoms with Crippen molar-refractivity contribution in [2.45, 2.75) is 25.9 Å². The van der Waals surface area contributed by atoms with E-state index >= 15 is 0 Å². The molecule has 7 nitrogen and oxygen atoms in total. The van der Waals surface area contributed by atoms with Gasteiger partial charge in [0.15, 0.2) is 0 Å². The zero-order valence-corrected chi connectivity index (χ0v) is 21.8. The van der Waals surface area contributed by atoms with E-state index in [9.17, 15) is 22.8 Å². The van der Waals surface area contributed by atoms with Gasteiger partial charge in [-0.05, 0) is 61.0 Å². The number of amides is 1. The van der Waals surface area contributed by atoms with Crippen molar-refractivity contribution in [3.8, 4) is 11.8 Å². The predicted molar refractivity (Wildman–Crippen MR) is 144 cm³/mol. The van der Waals surface area contributed by atoms with E-state index in [0.717, 1.165) is 12.1 Å². The van der Waals surface area contributed by atoms with Gasteiger partial charge in [0.25, 0.3) is 5.56 Å². The van der Waals surface area contributed by atoms with E-state index in [4.69, 9.17) is 15.0 Å². The van der Waals surface area contributed by atoms with Crippen LogP contribution in [0.25, 0.3) is 16.6 Å². The molecule has 0 unspecified atom stereocenters. The van der Waals surface area contributed by atoms with Crippen molar-refractivity contribution < 1.29 is 22.7 Å². The molecule has 40 heavy (non-hydrogen) atoms. The first kappa shape index (κ1) is 28.5. The van der Waals surface area contributed by atoms with Crippen LogP contribution < -0.4 is 5.56 Å². The lowest BCUT2D eigenvalue weighted by Crippen LogP contribution is -2.37. The first-order valence-electron chi connectivity index (χ1n) is 12.7. The summed E-state index contributed by atoms with van der Waals surface area (Å²) in [7, 11) is 0. The van der Waals surface area contributed by atoms with Gasteiger partial charge in [-0.1, -0.05) is 24.3 Å². The molecule has 0 aliphatic carbocycles. The molecule has 0 aliphatic rings. The quantitative estimate of drug-likeness (QED) is 0.263. The first-order valence-corrected chi connectivity index (χ1v) is 12.7. The van der Waals surface area contributed by atoms with Gasteiger partial charge < -0.3 is 9.64 Å². The number of benzene rings is 3. The predicted octanol–water partition coefficient (Wildman–Crippen LogP) is 4.93. The molecule has 0 N–H and O–H groups in total. The van der Waals surface area contributed by atoms with Crippen LogP contribution in [0, 0.1) is 11.3 Å². The second kappa shape index (κ2) is 12.6. The zero-order valence-electron chi connectivity index (χ0n) is 21.8. The average Bonchev–Trinajstić information content (AvgIpc) is 2.95. The van der Waals surface area contributed by atoms with Crippen molar-refractivity contribution in [2.75, 3.05) is 26.3 Å². The number of nitriles is 1. The van der Waals surface area contributed by atoms with Crippen LogP contribution in [-0.4, -0.2) is 46.7 Å². The van der Waals surface area contributed by atoms with Crippen LogP contribution in [-0.2, 0) is 28.5 Å². The van der Waals surface area contributed by atoms with Crippen molar-refractivity contribution in [1.82, 2.24) is 14.5 Å². The number of aromatic nitrogens is 2. The number of fused-ring (bicyclic) bond motifs is 1. The Hall–Kier alpha value is -4.49. The highest BCUT2D eigenvalue weighted by Gasteiger charge is 2.30. The molecule has 1 aromatic heterocycles. The number of hydrogen-bond acceptors (Lipinski definition) is 5. The summed E-state index contributed by atoms with van der Waals surface area (Å²) in [6, 6.07) is 20.1. The highest BCUT2D eigenvalue weighted by atomic mass is 19.4. The van der Waals surface area contributed by atoms with Crippen molar-refractivity contribution >= 4 is 16.8 Å². The fourth-order valence-electron chi connectivity index (χ4n) is 4.31. The fraction of sp³-hybridized carbons (Fsp3) is 0.267. The molecule has 206 valence electrons. The van der Waals surface area contributed by atoms with Crippen LogP contribution >= 0.6 is 0 Å². The molecule has 4 aromatic rings. The number of alkyl halides is 3. The Balaban J connectivity index is 1.62. The van der Waals surface area contributed by atoms with Crippen molar-refractivity contribution in [1.29, 1.82) is 5.26 Å². The standard InChI is InChI=1S/C30H27F3N4O3/c1-2-40-18-17-36(28(38)19-21-7-11-23(12-8-21)30(31,32)33)16-15-27-35-26-6-4-3-5-25(26)29(39)37(27)24-13-9-22(20-34)10-14-24/h3-14H,2,15-19H2,1H3. The highest BCUT2D eigenvalue weighted by Crippen LogP contribution is 2.29. The smallest absolute Gasteiger partial charge is 0.380 e. The largest absolute Gasteiger partial charge is 0.416 e. The molecule has 0 saturated carbocycles. The van der Waals surface area contributed by atoms with E-state index in [1.807, 2.05) is 6.92 Å². The topological polar surface area (TPSA) is 88.2 Å². The van der Waals surface area contributed by atoms with Crippen LogP contribution in [0.4, 0.5) is 13.2 Å². The number of para-hydroxylation sites is 1. The van der Waals surface area contributed by atoms with Crippen LogP contribution in [0.15, 0.2) is 77.6 Å². The van der Waals surface area contributed by atoms with E-state index in [2.05, 4.69) is 6.07 Å². The molecule has 3 aromatic carbocycles.